The van der Waals surface area contributed by atoms with Gasteiger partial charge in [-0.25, -0.2) is 4.39 Å². The molecule has 2 aromatic carbocycles. The molecule has 0 amide bonds. The van der Waals surface area contributed by atoms with Crippen molar-refractivity contribution >= 4 is 0 Å². The second-order valence-electron chi connectivity index (χ2n) is 3.17. The van der Waals surface area contributed by atoms with Crippen LogP contribution in [0.15, 0.2) is 48.5 Å². The van der Waals surface area contributed by atoms with E-state index in [-0.39, 0.29) is 5.75 Å². The lowest BCUT2D eigenvalue weighted by atomic mass is 10.2. The van der Waals surface area contributed by atoms with E-state index in [1.54, 1.807) is 42.5 Å². The summed E-state index contributed by atoms with van der Waals surface area (Å²) in [6.07, 6.45) is 0. The van der Waals surface area contributed by atoms with Crippen LogP contribution in [0.4, 0.5) is 4.39 Å². The summed E-state index contributed by atoms with van der Waals surface area (Å²) < 4.78 is 18.6. The first-order chi connectivity index (χ1) is 7.79. The lowest BCUT2D eigenvalue weighted by Crippen LogP contribution is -1.87. The average molecular weight is 213 g/mol. The van der Waals surface area contributed by atoms with Gasteiger partial charge in [0.1, 0.15) is 5.75 Å². The quantitative estimate of drug-likeness (QED) is 0.764. The van der Waals surface area contributed by atoms with Gasteiger partial charge in [-0.15, -0.1) is 0 Å². The van der Waals surface area contributed by atoms with Crippen molar-refractivity contribution in [3.8, 4) is 17.6 Å². The van der Waals surface area contributed by atoms with Crippen molar-refractivity contribution in [1.82, 2.24) is 0 Å². The highest BCUT2D eigenvalue weighted by molar-refractivity contribution is 5.37. The maximum atomic E-state index is 13.2. The molecule has 0 unspecified atom stereocenters. The molecule has 78 valence electrons. The highest BCUT2D eigenvalue weighted by Gasteiger charge is 2.02. The third-order valence-corrected chi connectivity index (χ3v) is 2.05. The Labute approximate surface area is 92.5 Å². The van der Waals surface area contributed by atoms with Gasteiger partial charge in [0.2, 0.25) is 0 Å². The molecular formula is C13H8FNO. The summed E-state index contributed by atoms with van der Waals surface area (Å²) in [7, 11) is 0. The zero-order valence-electron chi connectivity index (χ0n) is 8.35. The molecule has 0 aliphatic carbocycles. The van der Waals surface area contributed by atoms with Crippen molar-refractivity contribution in [3.63, 3.8) is 0 Å². The lowest BCUT2D eigenvalue weighted by Gasteiger charge is -2.05. The summed E-state index contributed by atoms with van der Waals surface area (Å²) in [5.74, 6) is 0.267. The van der Waals surface area contributed by atoms with E-state index in [1.807, 2.05) is 6.07 Å². The van der Waals surface area contributed by atoms with Crippen LogP contribution in [0.2, 0.25) is 0 Å². The molecule has 0 saturated carbocycles. The number of halogens is 1. The Morgan fingerprint density at radius 3 is 2.31 bits per heavy atom. The Morgan fingerprint density at radius 1 is 1.00 bits per heavy atom. The molecule has 0 heterocycles. The van der Waals surface area contributed by atoms with Crippen molar-refractivity contribution in [2.24, 2.45) is 0 Å². The molecule has 0 radical (unpaired) electrons. The Bertz CT molecular complexity index is 528. The van der Waals surface area contributed by atoms with E-state index in [4.69, 9.17) is 10.00 Å². The Morgan fingerprint density at radius 2 is 1.69 bits per heavy atom. The second-order valence-corrected chi connectivity index (χ2v) is 3.17. The standard InChI is InChI=1S/C13H8FNO/c14-12-3-1-2-4-13(12)16-11-7-5-10(9-15)6-8-11/h1-8H. The number of hydrogen-bond donors (Lipinski definition) is 0. The van der Waals surface area contributed by atoms with Crippen LogP contribution in [-0.4, -0.2) is 0 Å². The Balaban J connectivity index is 2.22. The normalized spacial score (nSPS) is 9.50. The topological polar surface area (TPSA) is 33.0 Å². The van der Waals surface area contributed by atoms with Gasteiger partial charge in [0.15, 0.2) is 11.6 Å². The lowest BCUT2D eigenvalue weighted by molar-refractivity contribution is 0.442. The first kappa shape index (κ1) is 10.2. The number of benzene rings is 2. The number of hydrogen-bond acceptors (Lipinski definition) is 2. The SMILES string of the molecule is N#Cc1ccc(Oc2ccccc2F)cc1. The zero-order chi connectivity index (χ0) is 11.4. The van der Waals surface area contributed by atoms with Crippen molar-refractivity contribution < 1.29 is 9.13 Å². The highest BCUT2D eigenvalue weighted by Crippen LogP contribution is 2.23. The van der Waals surface area contributed by atoms with E-state index in [1.165, 1.54) is 6.07 Å². The van der Waals surface area contributed by atoms with Gasteiger partial charge in [-0.2, -0.15) is 5.26 Å². The van der Waals surface area contributed by atoms with Crippen LogP contribution >= 0.6 is 0 Å². The number of ether oxygens (including phenoxy) is 1. The molecular weight excluding hydrogens is 205 g/mol. The van der Waals surface area contributed by atoms with E-state index in [0.717, 1.165) is 0 Å². The molecule has 2 rings (SSSR count). The molecule has 0 N–H and O–H groups in total. The van der Waals surface area contributed by atoms with Crippen molar-refractivity contribution in [2.45, 2.75) is 0 Å². The van der Waals surface area contributed by atoms with Crippen molar-refractivity contribution in [1.29, 1.82) is 5.26 Å². The van der Waals surface area contributed by atoms with Crippen LogP contribution in [0.25, 0.3) is 0 Å². The highest BCUT2D eigenvalue weighted by atomic mass is 19.1. The van der Waals surface area contributed by atoms with Gasteiger partial charge in [0, 0.05) is 0 Å². The monoisotopic (exact) mass is 213 g/mol. The van der Waals surface area contributed by atoms with Crippen LogP contribution in [0.1, 0.15) is 5.56 Å². The van der Waals surface area contributed by atoms with Crippen LogP contribution in [-0.2, 0) is 0 Å². The fourth-order valence-electron chi connectivity index (χ4n) is 1.25. The molecule has 2 nitrogen and oxygen atoms in total. The van der Waals surface area contributed by atoms with Crippen molar-refractivity contribution in [3.05, 3.63) is 59.9 Å². The van der Waals surface area contributed by atoms with Gasteiger partial charge in [-0.1, -0.05) is 12.1 Å². The molecule has 0 bridgehead atoms. The molecule has 3 heteroatoms. The fourth-order valence-corrected chi connectivity index (χ4v) is 1.25. The maximum Gasteiger partial charge on any atom is 0.165 e. The van der Waals surface area contributed by atoms with Crippen LogP contribution in [0.5, 0.6) is 11.5 Å². The average Bonchev–Trinajstić information content (AvgIpc) is 2.33. The van der Waals surface area contributed by atoms with Gasteiger partial charge >= 0.3 is 0 Å². The van der Waals surface area contributed by atoms with Crippen LogP contribution < -0.4 is 4.74 Å². The second kappa shape index (κ2) is 4.45. The van der Waals surface area contributed by atoms with Crippen molar-refractivity contribution in [2.75, 3.05) is 0 Å². The number of rotatable bonds is 2. The molecule has 2 aromatic rings. The minimum atomic E-state index is -0.410. The maximum absolute atomic E-state index is 13.2. The van der Waals surface area contributed by atoms with Crippen LogP contribution in [0, 0.1) is 17.1 Å². The summed E-state index contributed by atoms with van der Waals surface area (Å²) in [5, 5.41) is 8.61. The van der Waals surface area contributed by atoms with Crippen LogP contribution in [0.3, 0.4) is 0 Å². The number of nitriles is 1. The van der Waals surface area contributed by atoms with Gasteiger partial charge in [-0.3, -0.25) is 0 Å². The van der Waals surface area contributed by atoms with Gasteiger partial charge in [0.05, 0.1) is 11.6 Å². The molecule has 0 aliphatic rings. The van der Waals surface area contributed by atoms with Gasteiger partial charge < -0.3 is 4.74 Å². The molecule has 0 fully saturated rings. The molecule has 0 aliphatic heterocycles. The summed E-state index contributed by atoms with van der Waals surface area (Å²) in [6, 6.07) is 14.7. The van der Waals surface area contributed by atoms with E-state index < -0.39 is 5.82 Å². The molecule has 0 spiro atoms. The summed E-state index contributed by atoms with van der Waals surface area (Å²) in [5.41, 5.74) is 0.542. The molecule has 0 atom stereocenters. The predicted molar refractivity (Wildman–Crippen MR) is 57.6 cm³/mol. The van der Waals surface area contributed by atoms with E-state index in [2.05, 4.69) is 0 Å². The summed E-state index contributed by atoms with van der Waals surface area (Å²) >= 11 is 0. The van der Waals surface area contributed by atoms with E-state index in [0.29, 0.717) is 11.3 Å². The van der Waals surface area contributed by atoms with Gasteiger partial charge in [-0.05, 0) is 36.4 Å². The Kier molecular flexibility index (Phi) is 2.84. The number of para-hydroxylation sites is 1. The van der Waals surface area contributed by atoms with Gasteiger partial charge in [0.25, 0.3) is 0 Å². The zero-order valence-corrected chi connectivity index (χ0v) is 8.35. The summed E-state index contributed by atoms with van der Waals surface area (Å²) in [4.78, 5) is 0. The van der Waals surface area contributed by atoms with E-state index in [9.17, 15) is 4.39 Å². The fraction of sp³-hybridized carbons (Fsp3) is 0. The first-order valence-corrected chi connectivity index (χ1v) is 4.72. The summed E-state index contributed by atoms with van der Waals surface area (Å²) in [6.45, 7) is 0. The molecule has 0 saturated heterocycles. The minimum Gasteiger partial charge on any atom is -0.454 e. The number of nitrogens with zero attached hydrogens (tertiary/aromatic N) is 1. The minimum absolute atomic E-state index is 0.173. The Hall–Kier alpha value is -2.34. The predicted octanol–water partition coefficient (Wildman–Crippen LogP) is 3.49. The largest absolute Gasteiger partial charge is 0.454 e. The first-order valence-electron chi connectivity index (χ1n) is 4.72. The molecule has 16 heavy (non-hydrogen) atoms. The molecule has 0 aromatic heterocycles. The third kappa shape index (κ3) is 2.18. The van der Waals surface area contributed by atoms with E-state index >= 15 is 0 Å². The smallest absolute Gasteiger partial charge is 0.165 e. The third-order valence-electron chi connectivity index (χ3n) is 2.05.